The second-order valence-corrected chi connectivity index (χ2v) is 28.4. The molecule has 16 aromatic rings. The maximum atomic E-state index is 6.54. The number of nitrogens with zero attached hydrogens (tertiary/aromatic N) is 5. The fourth-order valence-electron chi connectivity index (χ4n) is 15.1. The van der Waals surface area contributed by atoms with Crippen LogP contribution in [0.4, 0.5) is 68.2 Å². The molecule has 5 heterocycles. The zero-order valence-electron chi connectivity index (χ0n) is 53.3. The second kappa shape index (κ2) is 21.3. The molecule has 0 saturated heterocycles. The van der Waals surface area contributed by atoms with Gasteiger partial charge < -0.3 is 28.6 Å². The largest absolute Gasteiger partial charge is 0.456 e. The van der Waals surface area contributed by atoms with Gasteiger partial charge in [0.1, 0.15) is 11.2 Å². The number of benzene rings is 13. The lowest BCUT2D eigenvalue weighted by molar-refractivity contribution is 0.590. The van der Waals surface area contributed by atoms with Gasteiger partial charge in [0, 0.05) is 110 Å². The van der Waals surface area contributed by atoms with Gasteiger partial charge in [-0.1, -0.05) is 187 Å². The molecule has 6 nitrogen and oxygen atoms in total. The lowest BCUT2D eigenvalue weighted by atomic mass is 9.33. The summed E-state index contributed by atoms with van der Waals surface area (Å²) in [5, 5.41) is 7.09. The number of hydrogen-bond acceptors (Lipinski definition) is 6. The van der Waals surface area contributed by atoms with Crippen molar-refractivity contribution in [1.29, 1.82) is 0 Å². The van der Waals surface area contributed by atoms with Gasteiger partial charge in [0.05, 0.1) is 16.7 Å². The van der Waals surface area contributed by atoms with E-state index in [1.165, 1.54) is 64.0 Å². The van der Waals surface area contributed by atoms with Gasteiger partial charge in [-0.05, 0) is 184 Å². The van der Waals surface area contributed by atoms with Crippen molar-refractivity contribution in [2.24, 2.45) is 0 Å². The van der Waals surface area contributed by atoms with E-state index in [1.54, 1.807) is 0 Å². The maximum Gasteiger partial charge on any atom is 0.252 e. The number of hydrogen-bond donors (Lipinski definition) is 0. The fraction of sp³-hybridized carbons (Fsp3) is 0.0930. The molecule has 0 radical (unpaired) electrons. The van der Waals surface area contributed by atoms with Crippen LogP contribution in [0.5, 0.6) is 0 Å². The molecule has 0 aliphatic carbocycles. The Bertz CT molecular complexity index is 5510. The van der Waals surface area contributed by atoms with E-state index in [0.29, 0.717) is 0 Å². The summed E-state index contributed by atoms with van der Waals surface area (Å²) in [4.78, 5) is 10.1. The van der Waals surface area contributed by atoms with Gasteiger partial charge in [-0.25, -0.2) is 0 Å². The molecule has 0 fully saturated rings. The minimum Gasteiger partial charge on any atom is -0.456 e. The number of para-hydroxylation sites is 5. The predicted molar refractivity (Wildman–Crippen MR) is 402 cm³/mol. The van der Waals surface area contributed by atoms with Crippen LogP contribution in [-0.4, -0.2) is 11.3 Å². The molecule has 13 aromatic carbocycles. The Balaban J connectivity index is 0.967. The van der Waals surface area contributed by atoms with Crippen LogP contribution in [0.2, 0.25) is 0 Å². The first-order chi connectivity index (χ1) is 45.9. The van der Waals surface area contributed by atoms with Crippen molar-refractivity contribution in [1.82, 2.24) is 4.57 Å². The molecule has 0 saturated carbocycles. The number of rotatable bonds is 9. The highest BCUT2D eigenvalue weighted by Crippen LogP contribution is 2.52. The topological polar surface area (TPSA) is 31.0 Å². The first kappa shape index (κ1) is 55.8. The molecule has 0 amide bonds. The molecule has 2 aliphatic heterocycles. The Kier molecular flexibility index (Phi) is 12.6. The van der Waals surface area contributed by atoms with Crippen molar-refractivity contribution in [2.75, 3.05) is 19.6 Å². The third-order valence-electron chi connectivity index (χ3n) is 19.6. The zero-order chi connectivity index (χ0) is 63.1. The van der Waals surface area contributed by atoms with E-state index in [0.717, 1.165) is 101 Å². The summed E-state index contributed by atoms with van der Waals surface area (Å²) in [6.07, 6.45) is 0. The number of furan rings is 1. The van der Waals surface area contributed by atoms with Gasteiger partial charge in [0.15, 0.2) is 0 Å². The molecule has 94 heavy (non-hydrogen) atoms. The second-order valence-electron chi connectivity index (χ2n) is 27.4. The van der Waals surface area contributed by atoms with Gasteiger partial charge >= 0.3 is 0 Å². The normalized spacial score (nSPS) is 12.9. The summed E-state index contributed by atoms with van der Waals surface area (Å²) in [7, 11) is 0. The van der Waals surface area contributed by atoms with Crippen LogP contribution in [-0.2, 0) is 10.8 Å². The molecule has 450 valence electrons. The van der Waals surface area contributed by atoms with Gasteiger partial charge in [-0.3, -0.25) is 0 Å². The number of fused-ring (bicyclic) bond motifs is 13. The minimum atomic E-state index is -0.214. The van der Waals surface area contributed by atoms with Crippen LogP contribution in [0.25, 0.3) is 69.6 Å². The predicted octanol–water partition coefficient (Wildman–Crippen LogP) is 22.7. The highest BCUT2D eigenvalue weighted by atomic mass is 32.1. The van der Waals surface area contributed by atoms with Crippen molar-refractivity contribution in [2.45, 2.75) is 52.4 Å². The molecule has 0 atom stereocenters. The summed E-state index contributed by atoms with van der Waals surface area (Å²) < 4.78 is 11.5. The van der Waals surface area contributed by atoms with Crippen molar-refractivity contribution >= 4 is 167 Å². The van der Waals surface area contributed by atoms with Crippen LogP contribution < -0.4 is 36.0 Å². The lowest BCUT2D eigenvalue weighted by Crippen LogP contribution is -2.61. The van der Waals surface area contributed by atoms with Crippen LogP contribution in [0.1, 0.15) is 52.7 Å². The standard InChI is InChI=1S/C86H66BN5OS/c1-85(2,3)55-34-38-60(39-35-55)91-76-50-64(89(62-43-46-81-70(48-62)67-29-17-20-32-80(67)93-81)63-44-47-83-71(49-63)68-30-18-21-33-82(68)94-83)42-45-72(76)87-73-53-69-66-28-16-19-31-74(66)90(59-26-14-9-15-27-59)75(69)54-77(73)92(61-40-36-56(37-41-61)86(4,5)6)79-52-65(51-78(91)84(79)87)88(57-22-10-7-11-23-57)58-24-12-8-13-25-58/h7-54H,1-6H3. The Labute approximate surface area is 552 Å². The van der Waals surface area contributed by atoms with E-state index < -0.39 is 0 Å². The van der Waals surface area contributed by atoms with Crippen molar-refractivity contribution in [3.05, 3.63) is 302 Å². The van der Waals surface area contributed by atoms with Crippen molar-refractivity contribution in [3.63, 3.8) is 0 Å². The first-order valence-electron chi connectivity index (χ1n) is 32.7. The van der Waals surface area contributed by atoms with Gasteiger partial charge in [0.2, 0.25) is 0 Å². The van der Waals surface area contributed by atoms with Gasteiger partial charge in [0.25, 0.3) is 6.71 Å². The Morgan fingerprint density at radius 3 is 1.46 bits per heavy atom. The van der Waals surface area contributed by atoms with Crippen LogP contribution in [0, 0.1) is 0 Å². The van der Waals surface area contributed by atoms with Crippen LogP contribution in [0.15, 0.2) is 296 Å². The molecule has 3 aromatic heterocycles. The molecular weight excluding hydrogens is 1160 g/mol. The molecule has 8 heteroatoms. The average Bonchev–Trinajstić information content (AvgIpc) is 0.876. The Morgan fingerprint density at radius 1 is 0.319 bits per heavy atom. The summed E-state index contributed by atoms with van der Waals surface area (Å²) in [5.74, 6) is 0. The smallest absolute Gasteiger partial charge is 0.252 e. The van der Waals surface area contributed by atoms with E-state index >= 15 is 0 Å². The molecule has 18 rings (SSSR count). The van der Waals surface area contributed by atoms with E-state index in [4.69, 9.17) is 4.42 Å². The Hall–Kier alpha value is -11.1. The van der Waals surface area contributed by atoms with Gasteiger partial charge in [-0.15, -0.1) is 11.3 Å². The number of aromatic nitrogens is 1. The monoisotopic (exact) mass is 1230 g/mol. The highest BCUT2D eigenvalue weighted by molar-refractivity contribution is 7.25. The SMILES string of the molecule is CC(C)(C)c1ccc(N2c3cc(N(c4ccc5oc6ccccc6c5c4)c4ccc5sc6ccccc6c5c4)ccc3B3c4cc5c6ccccc6n(-c6ccccc6)c5cc4N(c4ccc(C(C)(C)C)cc4)c4cc(N(c5ccccc5)c5ccccc5)cc2c43)cc1. The van der Waals surface area contributed by atoms with Crippen molar-refractivity contribution in [3.8, 4) is 5.69 Å². The van der Waals surface area contributed by atoms with Crippen LogP contribution in [0.3, 0.4) is 0 Å². The zero-order valence-corrected chi connectivity index (χ0v) is 54.2. The minimum absolute atomic E-state index is 0.0518. The Morgan fingerprint density at radius 2 is 0.809 bits per heavy atom. The summed E-state index contributed by atoms with van der Waals surface area (Å²) in [5.41, 5.74) is 24.3. The van der Waals surface area contributed by atoms with E-state index in [2.05, 4.69) is 357 Å². The first-order valence-corrected chi connectivity index (χ1v) is 33.5. The van der Waals surface area contributed by atoms with Crippen molar-refractivity contribution < 1.29 is 4.42 Å². The summed E-state index contributed by atoms with van der Waals surface area (Å²) in [6, 6.07) is 109. The van der Waals surface area contributed by atoms with E-state index in [1.807, 2.05) is 11.3 Å². The number of anilines is 12. The molecule has 2 aliphatic rings. The molecule has 0 N–H and O–H groups in total. The van der Waals surface area contributed by atoms with E-state index in [9.17, 15) is 0 Å². The summed E-state index contributed by atoms with van der Waals surface area (Å²) >= 11 is 1.85. The molecular formula is C86H66BN5OS. The molecule has 0 spiro atoms. The van der Waals surface area contributed by atoms with Gasteiger partial charge in [-0.2, -0.15) is 0 Å². The lowest BCUT2D eigenvalue weighted by Gasteiger charge is -2.45. The number of thiophene rings is 1. The van der Waals surface area contributed by atoms with Crippen LogP contribution >= 0.6 is 11.3 Å². The third-order valence-corrected chi connectivity index (χ3v) is 20.8. The summed E-state index contributed by atoms with van der Waals surface area (Å²) in [6.45, 7) is 13.6. The highest BCUT2D eigenvalue weighted by Gasteiger charge is 2.45. The average molecular weight is 1230 g/mol. The maximum absolute atomic E-state index is 6.54. The fourth-order valence-corrected chi connectivity index (χ4v) is 16.2. The van der Waals surface area contributed by atoms with E-state index in [-0.39, 0.29) is 17.5 Å². The quantitative estimate of drug-likeness (QED) is 0.134. The molecule has 0 bridgehead atoms. The molecule has 0 unspecified atom stereocenters. The third kappa shape index (κ3) is 8.91.